The lowest BCUT2D eigenvalue weighted by molar-refractivity contribution is -0.133. The maximum atomic E-state index is 12.3. The van der Waals surface area contributed by atoms with Gasteiger partial charge in [0.1, 0.15) is 11.1 Å². The van der Waals surface area contributed by atoms with E-state index in [9.17, 15) is 4.79 Å². The molecular weight excluding hydrogens is 333 g/mol. The van der Waals surface area contributed by atoms with E-state index in [1.54, 1.807) is 17.5 Å². The summed E-state index contributed by atoms with van der Waals surface area (Å²) in [7, 11) is 0. The molecular formula is C13H23Cl2N3O2S. The van der Waals surface area contributed by atoms with Gasteiger partial charge in [0, 0.05) is 18.1 Å². The summed E-state index contributed by atoms with van der Waals surface area (Å²) in [6, 6.07) is 0. The Morgan fingerprint density at radius 3 is 2.76 bits per heavy atom. The highest BCUT2D eigenvalue weighted by Gasteiger charge is 2.35. The van der Waals surface area contributed by atoms with Gasteiger partial charge >= 0.3 is 0 Å². The largest absolute Gasteiger partial charge is 0.364 e. The van der Waals surface area contributed by atoms with Gasteiger partial charge in [-0.3, -0.25) is 4.79 Å². The topological polar surface area (TPSA) is 77.2 Å². The molecule has 2 rings (SSSR count). The van der Waals surface area contributed by atoms with Crippen molar-refractivity contribution in [3.8, 4) is 0 Å². The van der Waals surface area contributed by atoms with Crippen molar-refractivity contribution in [2.24, 2.45) is 5.73 Å². The summed E-state index contributed by atoms with van der Waals surface area (Å²) in [5, 5.41) is 5.93. The number of carbonyl (C=O) groups is 1. The first-order chi connectivity index (χ1) is 9.09. The highest BCUT2D eigenvalue weighted by molar-refractivity contribution is 7.09. The van der Waals surface area contributed by atoms with Gasteiger partial charge in [-0.25, -0.2) is 4.98 Å². The van der Waals surface area contributed by atoms with Crippen LogP contribution in [0.15, 0.2) is 11.6 Å². The molecule has 1 aliphatic rings. The summed E-state index contributed by atoms with van der Waals surface area (Å²) < 4.78 is 5.63. The maximum Gasteiger partial charge on any atom is 0.249 e. The number of carbonyl (C=O) groups excluding carboxylic acids is 1. The summed E-state index contributed by atoms with van der Waals surface area (Å²) in [4.78, 5) is 16.6. The molecule has 21 heavy (non-hydrogen) atoms. The Kier molecular flexibility index (Phi) is 8.73. The second kappa shape index (κ2) is 8.90. The van der Waals surface area contributed by atoms with Crippen LogP contribution in [0.25, 0.3) is 0 Å². The highest BCUT2D eigenvalue weighted by Crippen LogP contribution is 2.27. The Balaban J connectivity index is 0.00000200. The lowest BCUT2D eigenvalue weighted by Gasteiger charge is -2.28. The molecule has 0 saturated carbocycles. The molecule has 1 amide bonds. The molecule has 5 nitrogen and oxygen atoms in total. The van der Waals surface area contributed by atoms with E-state index in [1.165, 1.54) is 0 Å². The minimum atomic E-state index is -0.421. The van der Waals surface area contributed by atoms with E-state index in [-0.39, 0.29) is 42.9 Å². The van der Waals surface area contributed by atoms with Gasteiger partial charge in [-0.05, 0) is 26.2 Å². The van der Waals surface area contributed by atoms with Crippen molar-refractivity contribution in [1.29, 1.82) is 0 Å². The van der Waals surface area contributed by atoms with Crippen molar-refractivity contribution in [3.63, 3.8) is 0 Å². The van der Waals surface area contributed by atoms with Crippen LogP contribution in [0.2, 0.25) is 0 Å². The molecule has 0 bridgehead atoms. The number of thiazole rings is 1. The summed E-state index contributed by atoms with van der Waals surface area (Å²) in [5.74, 6) is -0.0597. The summed E-state index contributed by atoms with van der Waals surface area (Å²) in [6.07, 6.45) is 3.79. The zero-order chi connectivity index (χ0) is 13.9. The van der Waals surface area contributed by atoms with E-state index in [0.29, 0.717) is 6.54 Å². The van der Waals surface area contributed by atoms with E-state index in [0.717, 1.165) is 24.3 Å². The number of aromatic nitrogens is 1. The molecule has 0 aliphatic carbocycles. The Hall–Kier alpha value is -0.400. The highest BCUT2D eigenvalue weighted by atomic mass is 35.5. The number of hydrogen-bond acceptors (Lipinski definition) is 5. The average Bonchev–Trinajstić information content (AvgIpc) is 3.09. The molecule has 3 atom stereocenters. The molecule has 1 saturated heterocycles. The molecule has 0 radical (unpaired) electrons. The van der Waals surface area contributed by atoms with Gasteiger partial charge in [-0.1, -0.05) is 6.92 Å². The summed E-state index contributed by atoms with van der Waals surface area (Å²) >= 11 is 1.56. The van der Waals surface area contributed by atoms with Gasteiger partial charge in [0.15, 0.2) is 0 Å². The minimum Gasteiger partial charge on any atom is -0.364 e. The summed E-state index contributed by atoms with van der Waals surface area (Å²) in [5.41, 5.74) is 5.14. The third kappa shape index (κ3) is 4.79. The van der Waals surface area contributed by atoms with Gasteiger partial charge in [-0.15, -0.1) is 36.2 Å². The second-order valence-corrected chi connectivity index (χ2v) is 5.97. The number of rotatable bonds is 5. The van der Waals surface area contributed by atoms with Crippen molar-refractivity contribution in [3.05, 3.63) is 16.6 Å². The van der Waals surface area contributed by atoms with E-state index in [1.807, 2.05) is 19.2 Å². The molecule has 0 aromatic carbocycles. The molecule has 1 aromatic rings. The zero-order valence-corrected chi connectivity index (χ0v) is 14.7. The van der Waals surface area contributed by atoms with E-state index in [4.69, 9.17) is 10.5 Å². The van der Waals surface area contributed by atoms with Gasteiger partial charge in [0.05, 0.1) is 11.6 Å². The quantitative estimate of drug-likeness (QED) is 0.848. The number of nitrogens with one attached hydrogen (secondary N) is 1. The van der Waals surface area contributed by atoms with Crippen molar-refractivity contribution in [2.75, 3.05) is 6.54 Å². The van der Waals surface area contributed by atoms with Gasteiger partial charge in [0.25, 0.3) is 0 Å². The van der Waals surface area contributed by atoms with Crippen molar-refractivity contribution in [1.82, 2.24) is 10.3 Å². The number of halogens is 2. The third-order valence-corrected chi connectivity index (χ3v) is 4.71. The van der Waals surface area contributed by atoms with Gasteiger partial charge < -0.3 is 15.8 Å². The number of nitrogens with zero attached hydrogens (tertiary/aromatic N) is 1. The van der Waals surface area contributed by atoms with E-state index >= 15 is 0 Å². The van der Waals surface area contributed by atoms with Crippen LogP contribution < -0.4 is 11.1 Å². The molecule has 1 fully saturated rings. The van der Waals surface area contributed by atoms with Crippen LogP contribution in [0, 0.1) is 0 Å². The minimum absolute atomic E-state index is 0. The first-order valence-corrected chi connectivity index (χ1v) is 7.54. The van der Waals surface area contributed by atoms with Crippen LogP contribution in [0.4, 0.5) is 0 Å². The first kappa shape index (κ1) is 20.6. The van der Waals surface area contributed by atoms with Gasteiger partial charge in [-0.2, -0.15) is 0 Å². The zero-order valence-electron chi connectivity index (χ0n) is 12.2. The fraction of sp³-hybridized carbons (Fsp3) is 0.692. The monoisotopic (exact) mass is 355 g/mol. The number of nitrogens with two attached hydrogens (primary N) is 1. The Morgan fingerprint density at radius 2 is 2.29 bits per heavy atom. The Morgan fingerprint density at radius 1 is 1.57 bits per heavy atom. The third-order valence-electron chi connectivity index (χ3n) is 3.67. The van der Waals surface area contributed by atoms with Crippen LogP contribution in [-0.4, -0.2) is 29.6 Å². The predicted octanol–water partition coefficient (Wildman–Crippen LogP) is 2.23. The molecule has 1 aliphatic heterocycles. The standard InChI is InChI=1S/C13H21N3O2S.2ClH/c1-3-13(2,12-15-6-7-19-12)16-11(17)10-5-4-9(8-14)18-10;;/h6-7,9-10H,3-5,8,14H2,1-2H3,(H,16,17);2*1H/t9-,10+,13?;;/m1../s1. The van der Waals surface area contributed by atoms with Crippen molar-refractivity contribution < 1.29 is 9.53 Å². The second-order valence-electron chi connectivity index (χ2n) is 5.07. The Bertz CT molecular complexity index is 433. The van der Waals surface area contributed by atoms with Crippen molar-refractivity contribution >= 4 is 42.1 Å². The van der Waals surface area contributed by atoms with Crippen molar-refractivity contribution in [2.45, 2.75) is 50.9 Å². The van der Waals surface area contributed by atoms with E-state index < -0.39 is 5.54 Å². The van der Waals surface area contributed by atoms with Gasteiger partial charge in [0.2, 0.25) is 5.91 Å². The molecule has 3 N–H and O–H groups in total. The fourth-order valence-electron chi connectivity index (χ4n) is 2.21. The van der Waals surface area contributed by atoms with E-state index in [2.05, 4.69) is 10.3 Å². The molecule has 122 valence electrons. The summed E-state index contributed by atoms with van der Waals surface area (Å²) in [6.45, 7) is 4.51. The van der Waals surface area contributed by atoms with Crippen LogP contribution in [0.3, 0.4) is 0 Å². The molecule has 1 aromatic heterocycles. The molecule has 1 unspecified atom stereocenters. The molecule has 8 heteroatoms. The average molecular weight is 356 g/mol. The predicted molar refractivity (Wildman–Crippen MR) is 89.3 cm³/mol. The van der Waals surface area contributed by atoms with Crippen LogP contribution in [-0.2, 0) is 15.1 Å². The van der Waals surface area contributed by atoms with Crippen LogP contribution >= 0.6 is 36.2 Å². The van der Waals surface area contributed by atoms with Crippen LogP contribution in [0.1, 0.15) is 38.1 Å². The smallest absolute Gasteiger partial charge is 0.249 e. The number of hydrogen-bond donors (Lipinski definition) is 2. The normalized spacial score (nSPS) is 23.6. The number of ether oxygens (including phenoxy) is 1. The lowest BCUT2D eigenvalue weighted by atomic mass is 9.99. The lowest BCUT2D eigenvalue weighted by Crippen LogP contribution is -2.47. The molecule has 0 spiro atoms. The first-order valence-electron chi connectivity index (χ1n) is 6.66. The Labute approximate surface area is 141 Å². The SMILES string of the molecule is CCC(C)(NC(=O)[C@@H]1CC[C@H](CN)O1)c1nccs1.Cl.Cl. The molecule has 2 heterocycles. The maximum absolute atomic E-state index is 12.3. The fourth-order valence-corrected chi connectivity index (χ4v) is 3.04. The number of amides is 1. The van der Waals surface area contributed by atoms with Crippen LogP contribution in [0.5, 0.6) is 0 Å².